The third-order valence-electron chi connectivity index (χ3n) is 7.90. The van der Waals surface area contributed by atoms with Gasteiger partial charge in [-0.25, -0.2) is 0 Å². The minimum absolute atomic E-state index is 0.228. The summed E-state index contributed by atoms with van der Waals surface area (Å²) in [7, 11) is 0. The Balaban J connectivity index is 1.41. The SMILES string of the molecule is CCC(=O)N1C[C@@H]2C[C@H]1CN2C(=O)[C@@]1(C(C)C)CC[C@@H](NC2CCOCC2)C1. The van der Waals surface area contributed by atoms with Crippen LogP contribution in [0, 0.1) is 11.3 Å². The minimum atomic E-state index is -0.243. The monoisotopic (exact) mass is 391 g/mol. The molecule has 1 aliphatic carbocycles. The van der Waals surface area contributed by atoms with E-state index in [-0.39, 0.29) is 23.4 Å². The molecular formula is C22H37N3O3. The number of hydrogen-bond donors (Lipinski definition) is 1. The van der Waals surface area contributed by atoms with Crippen molar-refractivity contribution in [2.45, 2.75) is 89.9 Å². The van der Waals surface area contributed by atoms with E-state index in [0.717, 1.165) is 64.8 Å². The van der Waals surface area contributed by atoms with Crippen LogP contribution in [0.3, 0.4) is 0 Å². The molecule has 2 amide bonds. The van der Waals surface area contributed by atoms with Crippen molar-refractivity contribution in [3.05, 3.63) is 0 Å². The lowest BCUT2D eigenvalue weighted by Gasteiger charge is -2.41. The normalized spacial score (nSPS) is 35.9. The third kappa shape index (κ3) is 3.47. The molecule has 3 saturated heterocycles. The zero-order chi connectivity index (χ0) is 19.9. The Bertz CT molecular complexity index is 604. The van der Waals surface area contributed by atoms with Crippen molar-refractivity contribution in [3.63, 3.8) is 0 Å². The third-order valence-corrected chi connectivity index (χ3v) is 7.90. The number of likely N-dealkylation sites (tertiary alicyclic amines) is 2. The molecule has 28 heavy (non-hydrogen) atoms. The molecule has 4 rings (SSSR count). The van der Waals surface area contributed by atoms with Crippen molar-refractivity contribution in [1.29, 1.82) is 0 Å². The van der Waals surface area contributed by atoms with Crippen LogP contribution in [0.1, 0.15) is 65.7 Å². The van der Waals surface area contributed by atoms with Gasteiger partial charge in [0.2, 0.25) is 11.8 Å². The number of piperazine rings is 1. The van der Waals surface area contributed by atoms with Gasteiger partial charge in [0.1, 0.15) is 0 Å². The van der Waals surface area contributed by atoms with E-state index >= 15 is 0 Å². The Labute approximate surface area is 169 Å². The average molecular weight is 392 g/mol. The van der Waals surface area contributed by atoms with Crippen LogP contribution in [0.5, 0.6) is 0 Å². The molecule has 1 saturated carbocycles. The highest BCUT2D eigenvalue weighted by molar-refractivity contribution is 5.85. The molecule has 0 aromatic rings. The number of rotatable bonds is 5. The van der Waals surface area contributed by atoms with Gasteiger partial charge >= 0.3 is 0 Å². The van der Waals surface area contributed by atoms with Crippen molar-refractivity contribution in [2.75, 3.05) is 26.3 Å². The number of amides is 2. The number of nitrogens with one attached hydrogen (secondary N) is 1. The Morgan fingerprint density at radius 3 is 2.36 bits per heavy atom. The number of carbonyl (C=O) groups excluding carboxylic acids is 2. The van der Waals surface area contributed by atoms with Crippen molar-refractivity contribution >= 4 is 11.8 Å². The fraction of sp³-hybridized carbons (Fsp3) is 0.909. The Morgan fingerprint density at radius 2 is 1.75 bits per heavy atom. The molecule has 1 N–H and O–H groups in total. The van der Waals surface area contributed by atoms with Gasteiger partial charge in [0, 0.05) is 44.8 Å². The summed E-state index contributed by atoms with van der Waals surface area (Å²) in [6.07, 6.45) is 6.71. The molecule has 4 fully saturated rings. The van der Waals surface area contributed by atoms with Crippen molar-refractivity contribution in [3.8, 4) is 0 Å². The van der Waals surface area contributed by atoms with Gasteiger partial charge in [-0.3, -0.25) is 9.59 Å². The summed E-state index contributed by atoms with van der Waals surface area (Å²) in [5.74, 6) is 0.934. The van der Waals surface area contributed by atoms with Crippen molar-refractivity contribution < 1.29 is 14.3 Å². The van der Waals surface area contributed by atoms with Gasteiger partial charge < -0.3 is 19.9 Å². The van der Waals surface area contributed by atoms with Gasteiger partial charge in [0.05, 0.1) is 17.5 Å². The second-order valence-corrected chi connectivity index (χ2v) is 9.70. The lowest BCUT2D eigenvalue weighted by Crippen LogP contribution is -2.55. The molecule has 0 unspecified atom stereocenters. The Morgan fingerprint density at radius 1 is 1.07 bits per heavy atom. The first-order valence-corrected chi connectivity index (χ1v) is 11.4. The smallest absolute Gasteiger partial charge is 0.229 e. The van der Waals surface area contributed by atoms with Crippen molar-refractivity contribution in [1.82, 2.24) is 15.1 Å². The first-order valence-electron chi connectivity index (χ1n) is 11.4. The van der Waals surface area contributed by atoms with E-state index in [1.54, 1.807) is 0 Å². The van der Waals surface area contributed by atoms with E-state index in [0.29, 0.717) is 30.3 Å². The topological polar surface area (TPSA) is 61.9 Å². The first-order chi connectivity index (χ1) is 13.4. The van der Waals surface area contributed by atoms with Gasteiger partial charge in [0.15, 0.2) is 0 Å². The molecule has 0 spiro atoms. The minimum Gasteiger partial charge on any atom is -0.381 e. The summed E-state index contributed by atoms with van der Waals surface area (Å²) < 4.78 is 5.48. The van der Waals surface area contributed by atoms with E-state index in [1.807, 2.05) is 11.8 Å². The van der Waals surface area contributed by atoms with E-state index in [4.69, 9.17) is 4.74 Å². The van der Waals surface area contributed by atoms with Crippen LogP contribution < -0.4 is 5.32 Å². The van der Waals surface area contributed by atoms with Gasteiger partial charge in [-0.1, -0.05) is 20.8 Å². The summed E-state index contributed by atoms with van der Waals surface area (Å²) in [6.45, 7) is 9.54. The predicted molar refractivity (Wildman–Crippen MR) is 108 cm³/mol. The van der Waals surface area contributed by atoms with Crippen LogP contribution >= 0.6 is 0 Å². The molecule has 158 valence electrons. The summed E-state index contributed by atoms with van der Waals surface area (Å²) >= 11 is 0. The second kappa shape index (κ2) is 7.94. The fourth-order valence-electron chi connectivity index (χ4n) is 6.09. The van der Waals surface area contributed by atoms with E-state index < -0.39 is 0 Å². The Hall–Kier alpha value is -1.14. The highest BCUT2D eigenvalue weighted by Gasteiger charge is 2.54. The van der Waals surface area contributed by atoms with Crippen LogP contribution in [-0.2, 0) is 14.3 Å². The van der Waals surface area contributed by atoms with Gasteiger partial charge in [-0.15, -0.1) is 0 Å². The van der Waals surface area contributed by atoms with Crippen LogP contribution in [0.15, 0.2) is 0 Å². The molecule has 6 heteroatoms. The summed E-state index contributed by atoms with van der Waals surface area (Å²) in [6, 6.07) is 1.44. The summed E-state index contributed by atoms with van der Waals surface area (Å²) in [5, 5.41) is 3.83. The van der Waals surface area contributed by atoms with Gasteiger partial charge in [-0.2, -0.15) is 0 Å². The van der Waals surface area contributed by atoms with E-state index in [9.17, 15) is 9.59 Å². The number of ether oxygens (including phenoxy) is 1. The second-order valence-electron chi connectivity index (χ2n) is 9.70. The molecule has 3 aliphatic heterocycles. The van der Waals surface area contributed by atoms with Gasteiger partial charge in [0.25, 0.3) is 0 Å². The van der Waals surface area contributed by atoms with Crippen LogP contribution in [0.2, 0.25) is 0 Å². The van der Waals surface area contributed by atoms with E-state index in [1.165, 1.54) is 0 Å². The molecular weight excluding hydrogens is 354 g/mol. The zero-order valence-corrected chi connectivity index (χ0v) is 17.8. The maximum absolute atomic E-state index is 13.8. The largest absolute Gasteiger partial charge is 0.381 e. The average Bonchev–Trinajstić information content (AvgIpc) is 3.42. The van der Waals surface area contributed by atoms with Crippen LogP contribution in [0.25, 0.3) is 0 Å². The lowest BCUT2D eigenvalue weighted by molar-refractivity contribution is -0.149. The fourth-order valence-corrected chi connectivity index (χ4v) is 6.09. The number of carbonyl (C=O) groups is 2. The maximum Gasteiger partial charge on any atom is 0.229 e. The molecule has 4 atom stereocenters. The number of fused-ring (bicyclic) bond motifs is 2. The zero-order valence-electron chi connectivity index (χ0n) is 17.8. The quantitative estimate of drug-likeness (QED) is 0.780. The Kier molecular flexibility index (Phi) is 5.71. The molecule has 2 bridgehead atoms. The summed E-state index contributed by atoms with van der Waals surface area (Å²) in [5.41, 5.74) is -0.243. The van der Waals surface area contributed by atoms with E-state index in [2.05, 4.69) is 24.1 Å². The lowest BCUT2D eigenvalue weighted by atomic mass is 9.74. The van der Waals surface area contributed by atoms with Crippen LogP contribution in [0.4, 0.5) is 0 Å². The highest BCUT2D eigenvalue weighted by atomic mass is 16.5. The summed E-state index contributed by atoms with van der Waals surface area (Å²) in [4.78, 5) is 30.1. The molecule has 3 heterocycles. The van der Waals surface area contributed by atoms with Crippen LogP contribution in [-0.4, -0.2) is 72.1 Å². The van der Waals surface area contributed by atoms with Crippen molar-refractivity contribution in [2.24, 2.45) is 11.3 Å². The molecule has 4 aliphatic rings. The maximum atomic E-state index is 13.8. The van der Waals surface area contributed by atoms with Gasteiger partial charge in [-0.05, 0) is 44.4 Å². The molecule has 0 aromatic heterocycles. The highest BCUT2D eigenvalue weighted by Crippen LogP contribution is 2.48. The molecule has 6 nitrogen and oxygen atoms in total. The number of hydrogen-bond acceptors (Lipinski definition) is 4. The molecule has 0 radical (unpaired) electrons. The standard InChI is InChI=1S/C22H37N3O3/c1-4-20(26)24-13-19-11-18(24)14-25(19)21(27)22(15(2)3)8-5-17(12-22)23-16-6-9-28-10-7-16/h15-19,23H,4-14H2,1-3H3/t17-,18+,19+,22+/m1/s1. The number of nitrogens with zero attached hydrogens (tertiary/aromatic N) is 2. The molecule has 0 aromatic carbocycles. The predicted octanol–water partition coefficient (Wildman–Crippen LogP) is 2.17. The first kappa shape index (κ1) is 20.1.